The fourth-order valence-electron chi connectivity index (χ4n) is 3.78. The van der Waals surface area contributed by atoms with Gasteiger partial charge in [-0.05, 0) is 50.3 Å². The quantitative estimate of drug-likeness (QED) is 0.766. The van der Waals surface area contributed by atoms with Crippen LogP contribution in [0, 0.1) is 0 Å². The van der Waals surface area contributed by atoms with Crippen molar-refractivity contribution in [3.8, 4) is 0 Å². The SMILES string of the molecule is CC(CC(C)(C)c1ccccc1)NC(=O)C1(S(C)(=O)=O)CCNCC1.Cl. The van der Waals surface area contributed by atoms with Crippen LogP contribution in [0.1, 0.15) is 45.6 Å². The van der Waals surface area contributed by atoms with E-state index in [9.17, 15) is 13.2 Å². The van der Waals surface area contributed by atoms with Gasteiger partial charge in [-0.1, -0.05) is 44.2 Å². The Morgan fingerprint density at radius 1 is 1.23 bits per heavy atom. The average Bonchev–Trinajstić information content (AvgIpc) is 2.54. The number of carbonyl (C=O) groups excluding carboxylic acids is 1. The molecule has 7 heteroatoms. The summed E-state index contributed by atoms with van der Waals surface area (Å²) in [5, 5.41) is 6.11. The predicted octanol–water partition coefficient (Wildman–Crippen LogP) is 2.45. The fourth-order valence-corrected chi connectivity index (χ4v) is 5.12. The van der Waals surface area contributed by atoms with Gasteiger partial charge >= 0.3 is 0 Å². The molecular formula is C19H31ClN2O3S. The van der Waals surface area contributed by atoms with Gasteiger partial charge in [0.1, 0.15) is 0 Å². The highest BCUT2D eigenvalue weighted by atomic mass is 35.5. The van der Waals surface area contributed by atoms with E-state index in [0.717, 1.165) is 6.42 Å². The van der Waals surface area contributed by atoms with Crippen molar-refractivity contribution in [1.29, 1.82) is 0 Å². The first-order chi connectivity index (χ1) is 11.6. The summed E-state index contributed by atoms with van der Waals surface area (Å²) in [7, 11) is -3.48. The zero-order valence-electron chi connectivity index (χ0n) is 16.0. The van der Waals surface area contributed by atoms with Gasteiger partial charge in [0.25, 0.3) is 0 Å². The molecule has 0 aromatic heterocycles. The second-order valence-electron chi connectivity index (χ2n) is 7.84. The molecule has 5 nitrogen and oxygen atoms in total. The van der Waals surface area contributed by atoms with Gasteiger partial charge < -0.3 is 10.6 Å². The summed E-state index contributed by atoms with van der Waals surface area (Å²) in [4.78, 5) is 12.9. The van der Waals surface area contributed by atoms with Crippen LogP contribution in [0.25, 0.3) is 0 Å². The molecule has 0 radical (unpaired) electrons. The van der Waals surface area contributed by atoms with Crippen LogP contribution < -0.4 is 10.6 Å². The van der Waals surface area contributed by atoms with Crippen molar-refractivity contribution in [2.75, 3.05) is 19.3 Å². The van der Waals surface area contributed by atoms with Crippen LogP contribution in [-0.4, -0.2) is 44.5 Å². The standard InChI is InChI=1S/C19H30N2O3S.ClH/c1-15(14-18(2,3)16-8-6-5-7-9-16)21-17(22)19(25(4,23)24)10-12-20-13-11-19;/h5-9,15,20H,10-14H2,1-4H3,(H,21,22);1H. The minimum Gasteiger partial charge on any atom is -0.352 e. The number of carbonyl (C=O) groups is 1. The van der Waals surface area contributed by atoms with E-state index < -0.39 is 14.6 Å². The van der Waals surface area contributed by atoms with E-state index >= 15 is 0 Å². The maximum atomic E-state index is 12.9. The molecule has 1 saturated heterocycles. The molecule has 0 aliphatic carbocycles. The summed E-state index contributed by atoms with van der Waals surface area (Å²) in [6.45, 7) is 7.32. The third-order valence-corrected chi connectivity index (χ3v) is 7.30. The Morgan fingerprint density at radius 2 is 1.77 bits per heavy atom. The van der Waals surface area contributed by atoms with Gasteiger partial charge in [-0.25, -0.2) is 8.42 Å². The lowest BCUT2D eigenvalue weighted by Crippen LogP contribution is -2.58. The number of piperidine rings is 1. The molecule has 1 fully saturated rings. The van der Waals surface area contributed by atoms with Gasteiger partial charge in [-0.15, -0.1) is 12.4 Å². The summed E-state index contributed by atoms with van der Waals surface area (Å²) in [6.07, 6.45) is 2.57. The van der Waals surface area contributed by atoms with Crippen molar-refractivity contribution in [1.82, 2.24) is 10.6 Å². The first-order valence-electron chi connectivity index (χ1n) is 8.85. The largest absolute Gasteiger partial charge is 0.352 e. The fraction of sp³-hybridized carbons (Fsp3) is 0.632. The maximum absolute atomic E-state index is 12.9. The van der Waals surface area contributed by atoms with Crippen LogP contribution in [0.3, 0.4) is 0 Å². The van der Waals surface area contributed by atoms with Crippen LogP contribution in [0.4, 0.5) is 0 Å². The van der Waals surface area contributed by atoms with E-state index in [0.29, 0.717) is 25.9 Å². The minimum atomic E-state index is -3.48. The van der Waals surface area contributed by atoms with Crippen LogP contribution in [0.15, 0.2) is 30.3 Å². The summed E-state index contributed by atoms with van der Waals surface area (Å²) >= 11 is 0. The van der Waals surface area contributed by atoms with Gasteiger partial charge in [-0.2, -0.15) is 0 Å². The lowest BCUT2D eigenvalue weighted by Gasteiger charge is -2.36. The zero-order valence-corrected chi connectivity index (χ0v) is 17.7. The maximum Gasteiger partial charge on any atom is 0.241 e. The Bertz CT molecular complexity index is 699. The Balaban J connectivity index is 0.00000338. The number of hydrogen-bond acceptors (Lipinski definition) is 4. The molecule has 1 aromatic rings. The normalized spacial score (nSPS) is 18.5. The molecular weight excluding hydrogens is 372 g/mol. The Kier molecular flexibility index (Phi) is 7.69. The first-order valence-corrected chi connectivity index (χ1v) is 10.7. The minimum absolute atomic E-state index is 0. The summed E-state index contributed by atoms with van der Waals surface area (Å²) < 4.78 is 23.4. The van der Waals surface area contributed by atoms with E-state index in [2.05, 4.69) is 36.6 Å². The zero-order chi connectivity index (χ0) is 18.7. The first kappa shape index (κ1) is 22.9. The van der Waals surface area contributed by atoms with E-state index in [-0.39, 0.29) is 29.8 Å². The number of rotatable bonds is 6. The Hall–Kier alpha value is -1.11. The molecule has 0 spiro atoms. The van der Waals surface area contributed by atoms with Crippen molar-refractivity contribution < 1.29 is 13.2 Å². The number of benzene rings is 1. The molecule has 1 amide bonds. The van der Waals surface area contributed by atoms with Crippen LogP contribution in [0.5, 0.6) is 0 Å². The van der Waals surface area contributed by atoms with Crippen molar-refractivity contribution >= 4 is 28.2 Å². The topological polar surface area (TPSA) is 75.3 Å². The molecule has 26 heavy (non-hydrogen) atoms. The number of hydrogen-bond donors (Lipinski definition) is 2. The lowest BCUT2D eigenvalue weighted by molar-refractivity contribution is -0.125. The predicted molar refractivity (Wildman–Crippen MR) is 109 cm³/mol. The molecule has 1 aliphatic heterocycles. The molecule has 148 valence electrons. The van der Waals surface area contributed by atoms with E-state index in [1.165, 1.54) is 11.8 Å². The molecule has 1 atom stereocenters. The number of halogens is 1. The van der Waals surface area contributed by atoms with Gasteiger partial charge in [0, 0.05) is 12.3 Å². The summed E-state index contributed by atoms with van der Waals surface area (Å²) in [5.74, 6) is -0.354. The van der Waals surface area contributed by atoms with Crippen LogP contribution >= 0.6 is 12.4 Å². The monoisotopic (exact) mass is 402 g/mol. The van der Waals surface area contributed by atoms with Crippen molar-refractivity contribution in [3.05, 3.63) is 35.9 Å². The second-order valence-corrected chi connectivity index (χ2v) is 10.2. The third-order valence-electron chi connectivity index (χ3n) is 5.28. The molecule has 0 bridgehead atoms. The number of amides is 1. The highest BCUT2D eigenvalue weighted by molar-refractivity contribution is 7.92. The van der Waals surface area contributed by atoms with Gasteiger partial charge in [0.2, 0.25) is 5.91 Å². The summed E-state index contributed by atoms with van der Waals surface area (Å²) in [5.41, 5.74) is 1.09. The molecule has 2 rings (SSSR count). The molecule has 0 saturated carbocycles. The Morgan fingerprint density at radius 3 is 2.27 bits per heavy atom. The van der Waals surface area contributed by atoms with E-state index in [1.807, 2.05) is 25.1 Å². The second kappa shape index (κ2) is 8.72. The highest BCUT2D eigenvalue weighted by Crippen LogP contribution is 2.30. The van der Waals surface area contributed by atoms with Crippen LogP contribution in [0.2, 0.25) is 0 Å². The van der Waals surface area contributed by atoms with Crippen molar-refractivity contribution in [2.45, 2.75) is 56.2 Å². The third kappa shape index (κ3) is 4.99. The van der Waals surface area contributed by atoms with E-state index in [4.69, 9.17) is 0 Å². The molecule has 2 N–H and O–H groups in total. The van der Waals surface area contributed by atoms with Crippen molar-refractivity contribution in [3.63, 3.8) is 0 Å². The molecule has 1 unspecified atom stereocenters. The smallest absolute Gasteiger partial charge is 0.241 e. The van der Waals surface area contributed by atoms with Gasteiger partial charge in [0.15, 0.2) is 14.6 Å². The number of sulfone groups is 1. The highest BCUT2D eigenvalue weighted by Gasteiger charge is 2.49. The van der Waals surface area contributed by atoms with Gasteiger partial charge in [0.05, 0.1) is 0 Å². The van der Waals surface area contributed by atoms with Crippen LogP contribution in [-0.2, 0) is 20.0 Å². The average molecular weight is 403 g/mol. The van der Waals surface area contributed by atoms with Gasteiger partial charge in [-0.3, -0.25) is 4.79 Å². The van der Waals surface area contributed by atoms with E-state index in [1.54, 1.807) is 0 Å². The molecule has 1 aliphatic rings. The lowest BCUT2D eigenvalue weighted by atomic mass is 9.79. The molecule has 1 aromatic carbocycles. The number of nitrogens with one attached hydrogen (secondary N) is 2. The molecule has 1 heterocycles. The summed E-state index contributed by atoms with van der Waals surface area (Å²) in [6, 6.07) is 10.1. The Labute approximate surface area is 163 Å². The van der Waals surface area contributed by atoms with Crippen molar-refractivity contribution in [2.24, 2.45) is 0 Å².